The number of nitrogens with one attached hydrogen (secondary N) is 1. The van der Waals surface area contributed by atoms with E-state index in [0.29, 0.717) is 10.8 Å². The van der Waals surface area contributed by atoms with Gasteiger partial charge in [-0.1, -0.05) is 17.7 Å². The summed E-state index contributed by atoms with van der Waals surface area (Å²) in [6.45, 7) is 0. The minimum Gasteiger partial charge on any atom is -0.332 e. The van der Waals surface area contributed by atoms with Crippen molar-refractivity contribution in [2.75, 3.05) is 5.32 Å². The zero-order chi connectivity index (χ0) is 18.3. The van der Waals surface area contributed by atoms with E-state index in [1.165, 1.54) is 23.5 Å². The standard InChI is InChI=1S/C17H10ClF3N4S/c18-12-5-4-10(7-11(12)17(19,20)21)23-16-24-13(9-26-16)14-8-22-15-3-1-2-6-25(14)15/h1-9H,(H,23,24). The van der Waals surface area contributed by atoms with Crippen LogP contribution in [-0.4, -0.2) is 14.4 Å². The third-order valence-electron chi connectivity index (χ3n) is 3.71. The Morgan fingerprint density at radius 3 is 2.81 bits per heavy atom. The lowest BCUT2D eigenvalue weighted by Gasteiger charge is -2.11. The smallest absolute Gasteiger partial charge is 0.332 e. The van der Waals surface area contributed by atoms with Crippen molar-refractivity contribution in [2.24, 2.45) is 0 Å². The lowest BCUT2D eigenvalue weighted by Crippen LogP contribution is -2.06. The number of hydrogen-bond acceptors (Lipinski definition) is 4. The molecule has 1 N–H and O–H groups in total. The highest BCUT2D eigenvalue weighted by Crippen LogP contribution is 2.37. The first-order valence-corrected chi connectivity index (χ1v) is 8.69. The van der Waals surface area contributed by atoms with Crippen molar-refractivity contribution in [1.82, 2.24) is 14.4 Å². The molecule has 3 aromatic heterocycles. The Morgan fingerprint density at radius 1 is 1.15 bits per heavy atom. The molecule has 0 atom stereocenters. The molecule has 0 aliphatic carbocycles. The molecular weight excluding hydrogens is 385 g/mol. The summed E-state index contributed by atoms with van der Waals surface area (Å²) < 4.78 is 40.8. The van der Waals surface area contributed by atoms with Crippen molar-refractivity contribution in [3.63, 3.8) is 0 Å². The molecule has 4 aromatic rings. The number of pyridine rings is 1. The van der Waals surface area contributed by atoms with E-state index in [4.69, 9.17) is 11.6 Å². The number of alkyl halides is 3. The van der Waals surface area contributed by atoms with Gasteiger partial charge in [0.2, 0.25) is 0 Å². The van der Waals surface area contributed by atoms with Gasteiger partial charge in [0.15, 0.2) is 5.13 Å². The highest BCUT2D eigenvalue weighted by molar-refractivity contribution is 7.14. The normalized spacial score (nSPS) is 11.8. The topological polar surface area (TPSA) is 42.2 Å². The molecule has 0 radical (unpaired) electrons. The summed E-state index contributed by atoms with van der Waals surface area (Å²) in [4.78, 5) is 8.75. The van der Waals surface area contributed by atoms with Gasteiger partial charge in [-0.25, -0.2) is 9.97 Å². The number of rotatable bonds is 3. The monoisotopic (exact) mass is 394 g/mol. The summed E-state index contributed by atoms with van der Waals surface area (Å²) in [5.41, 5.74) is 1.65. The number of benzene rings is 1. The highest BCUT2D eigenvalue weighted by Gasteiger charge is 2.33. The summed E-state index contributed by atoms with van der Waals surface area (Å²) in [6, 6.07) is 9.31. The van der Waals surface area contributed by atoms with Crippen molar-refractivity contribution in [3.05, 3.63) is 64.8 Å². The van der Waals surface area contributed by atoms with Crippen LogP contribution in [0.3, 0.4) is 0 Å². The molecule has 26 heavy (non-hydrogen) atoms. The SMILES string of the molecule is FC(F)(F)c1cc(Nc2nc(-c3cnc4ccccn34)cs2)ccc1Cl. The van der Waals surface area contributed by atoms with E-state index in [0.717, 1.165) is 17.4 Å². The zero-order valence-corrected chi connectivity index (χ0v) is 14.5. The predicted molar refractivity (Wildman–Crippen MR) is 96.0 cm³/mol. The van der Waals surface area contributed by atoms with E-state index >= 15 is 0 Å². The van der Waals surface area contributed by atoms with Crippen LogP contribution >= 0.6 is 22.9 Å². The number of nitrogens with zero attached hydrogens (tertiary/aromatic N) is 3. The minimum absolute atomic E-state index is 0.265. The molecule has 0 spiro atoms. The summed E-state index contributed by atoms with van der Waals surface area (Å²) >= 11 is 6.93. The Balaban J connectivity index is 1.63. The third kappa shape index (κ3) is 3.13. The van der Waals surface area contributed by atoms with Crippen LogP contribution in [-0.2, 0) is 6.18 Å². The van der Waals surface area contributed by atoms with Gasteiger partial charge in [0, 0.05) is 17.3 Å². The number of hydrogen-bond donors (Lipinski definition) is 1. The van der Waals surface area contributed by atoms with E-state index in [-0.39, 0.29) is 10.7 Å². The molecule has 0 aliphatic heterocycles. The Morgan fingerprint density at radius 2 is 2.00 bits per heavy atom. The molecule has 4 nitrogen and oxygen atoms in total. The van der Waals surface area contributed by atoms with Crippen LogP contribution < -0.4 is 5.32 Å². The minimum atomic E-state index is -4.51. The average molecular weight is 395 g/mol. The van der Waals surface area contributed by atoms with Gasteiger partial charge in [0.1, 0.15) is 11.3 Å². The maximum atomic E-state index is 13.0. The van der Waals surface area contributed by atoms with Gasteiger partial charge in [-0.3, -0.25) is 4.40 Å². The molecular formula is C17H10ClF3N4S. The van der Waals surface area contributed by atoms with Crippen LogP contribution in [0.1, 0.15) is 5.56 Å². The summed E-state index contributed by atoms with van der Waals surface area (Å²) in [6.07, 6.45) is -0.934. The summed E-state index contributed by atoms with van der Waals surface area (Å²) in [5.74, 6) is 0. The first-order valence-electron chi connectivity index (χ1n) is 7.43. The lowest BCUT2D eigenvalue weighted by atomic mass is 10.2. The van der Waals surface area contributed by atoms with Crippen molar-refractivity contribution >= 4 is 39.4 Å². The van der Waals surface area contributed by atoms with Crippen LogP contribution in [0.25, 0.3) is 17.0 Å². The molecule has 9 heteroatoms. The molecule has 0 unspecified atom stereocenters. The average Bonchev–Trinajstić information content (AvgIpc) is 3.22. The Bertz CT molecular complexity index is 1090. The van der Waals surface area contributed by atoms with Crippen LogP contribution in [0.5, 0.6) is 0 Å². The number of thiazole rings is 1. The third-order valence-corrected chi connectivity index (χ3v) is 4.79. The number of aromatic nitrogens is 3. The molecule has 0 amide bonds. The fourth-order valence-corrected chi connectivity index (χ4v) is 3.46. The van der Waals surface area contributed by atoms with Gasteiger partial charge in [-0.15, -0.1) is 11.3 Å². The molecule has 0 saturated carbocycles. The second kappa shape index (κ2) is 6.30. The molecule has 0 fully saturated rings. The fourth-order valence-electron chi connectivity index (χ4n) is 2.51. The maximum Gasteiger partial charge on any atom is 0.417 e. The number of imidazole rings is 1. The van der Waals surface area contributed by atoms with Gasteiger partial charge in [0.25, 0.3) is 0 Å². The van der Waals surface area contributed by atoms with Gasteiger partial charge in [-0.2, -0.15) is 13.2 Å². The Kier molecular flexibility index (Phi) is 4.08. The van der Waals surface area contributed by atoms with Crippen molar-refractivity contribution in [1.29, 1.82) is 0 Å². The quantitative estimate of drug-likeness (QED) is 0.472. The largest absolute Gasteiger partial charge is 0.417 e. The van der Waals surface area contributed by atoms with E-state index in [1.54, 1.807) is 6.20 Å². The first-order chi connectivity index (χ1) is 12.4. The highest BCUT2D eigenvalue weighted by atomic mass is 35.5. The first kappa shape index (κ1) is 16.9. The Hall–Kier alpha value is -2.58. The van der Waals surface area contributed by atoms with E-state index in [1.807, 2.05) is 34.2 Å². The maximum absolute atomic E-state index is 13.0. The van der Waals surface area contributed by atoms with Crippen LogP contribution in [0, 0.1) is 0 Å². The molecule has 132 valence electrons. The molecule has 0 saturated heterocycles. The van der Waals surface area contributed by atoms with Crippen molar-refractivity contribution in [3.8, 4) is 11.4 Å². The second-order valence-corrected chi connectivity index (χ2v) is 6.69. The lowest BCUT2D eigenvalue weighted by molar-refractivity contribution is -0.137. The molecule has 3 heterocycles. The van der Waals surface area contributed by atoms with Gasteiger partial charge in [-0.05, 0) is 30.3 Å². The van der Waals surface area contributed by atoms with Crippen LogP contribution in [0.4, 0.5) is 24.0 Å². The summed E-state index contributed by atoms with van der Waals surface area (Å²) in [7, 11) is 0. The van der Waals surface area contributed by atoms with Gasteiger partial charge >= 0.3 is 6.18 Å². The second-order valence-electron chi connectivity index (χ2n) is 5.43. The number of fused-ring (bicyclic) bond motifs is 1. The Labute approximate surface area is 154 Å². The van der Waals surface area contributed by atoms with Gasteiger partial charge < -0.3 is 5.32 Å². The van der Waals surface area contributed by atoms with Crippen molar-refractivity contribution in [2.45, 2.75) is 6.18 Å². The van der Waals surface area contributed by atoms with Gasteiger partial charge in [0.05, 0.1) is 22.5 Å². The number of anilines is 2. The number of halogens is 4. The molecule has 0 bridgehead atoms. The van der Waals surface area contributed by atoms with Crippen molar-refractivity contribution < 1.29 is 13.2 Å². The van der Waals surface area contributed by atoms with E-state index < -0.39 is 11.7 Å². The molecule has 1 aromatic carbocycles. The predicted octanol–water partition coefficient (Wildman–Crippen LogP) is 5.87. The van der Waals surface area contributed by atoms with E-state index in [2.05, 4.69) is 15.3 Å². The fraction of sp³-hybridized carbons (Fsp3) is 0.0588. The van der Waals surface area contributed by atoms with Crippen LogP contribution in [0.2, 0.25) is 5.02 Å². The zero-order valence-electron chi connectivity index (χ0n) is 13.0. The van der Waals surface area contributed by atoms with E-state index in [9.17, 15) is 13.2 Å². The molecule has 4 rings (SSSR count). The van der Waals surface area contributed by atoms with Crippen LogP contribution in [0.15, 0.2) is 54.2 Å². The molecule has 0 aliphatic rings. The summed E-state index contributed by atoms with van der Waals surface area (Å²) in [5, 5.41) is 4.85.